The minimum absolute atomic E-state index is 0.676. The number of carbonyl (C=O) groups is 2. The number of cyclic esters (lactones) is 1. The fourth-order valence-electron chi connectivity index (χ4n) is 0.625. The van der Waals surface area contributed by atoms with Gasteiger partial charge in [0, 0.05) is 0 Å². The van der Waals surface area contributed by atoms with Crippen LogP contribution in [0.15, 0.2) is 0 Å². The van der Waals surface area contributed by atoms with Crippen LogP contribution in [-0.4, -0.2) is 29.1 Å². The van der Waals surface area contributed by atoms with Crippen LogP contribution in [0.4, 0.5) is 0 Å². The molecule has 4 heteroatoms. The van der Waals surface area contributed by atoms with Crippen LogP contribution in [-0.2, 0) is 14.3 Å². The zero-order valence-electron chi connectivity index (χ0n) is 4.83. The summed E-state index contributed by atoms with van der Waals surface area (Å²) < 4.78 is 4.35. The Balaban J connectivity index is 2.77. The Kier molecular flexibility index (Phi) is 1.25. The van der Waals surface area contributed by atoms with E-state index in [0.717, 1.165) is 0 Å². The van der Waals surface area contributed by atoms with Crippen molar-refractivity contribution in [1.82, 2.24) is 0 Å². The van der Waals surface area contributed by atoms with Gasteiger partial charge in [0.05, 0.1) is 0 Å². The van der Waals surface area contributed by atoms with E-state index in [1.165, 1.54) is 6.92 Å². The van der Waals surface area contributed by atoms with Gasteiger partial charge >= 0.3 is 5.97 Å². The molecule has 0 spiro atoms. The van der Waals surface area contributed by atoms with Gasteiger partial charge in [0.2, 0.25) is 0 Å². The summed E-state index contributed by atoms with van der Waals surface area (Å²) in [7, 11) is 0. The zero-order valence-corrected chi connectivity index (χ0v) is 4.83. The lowest BCUT2D eigenvalue weighted by Gasteiger charge is -2.01. The maximum Gasteiger partial charge on any atom is 0.377 e. The van der Waals surface area contributed by atoms with Crippen LogP contribution in [0.2, 0.25) is 0 Å². The number of hydrogen-bond acceptors (Lipinski definition) is 4. The highest BCUT2D eigenvalue weighted by atomic mass is 16.6. The van der Waals surface area contributed by atoms with E-state index < -0.39 is 24.0 Å². The highest BCUT2D eigenvalue weighted by Crippen LogP contribution is 2.09. The third kappa shape index (κ3) is 0.810. The summed E-state index contributed by atoms with van der Waals surface area (Å²) in [6.45, 7) is 1.47. The fraction of sp³-hybridized carbons (Fsp3) is 0.600. The number of carbonyl (C=O) groups excluding carboxylic acids is 2. The highest BCUT2D eigenvalue weighted by molar-refractivity contribution is 6.37. The summed E-state index contributed by atoms with van der Waals surface area (Å²) in [6.07, 6.45) is -1.93. The van der Waals surface area contributed by atoms with E-state index in [9.17, 15) is 9.59 Å². The molecule has 1 rings (SSSR count). The first kappa shape index (κ1) is 6.22. The molecule has 0 amide bonds. The molecule has 0 aromatic carbocycles. The molecule has 1 N–H and O–H groups in total. The van der Waals surface area contributed by atoms with Crippen molar-refractivity contribution >= 4 is 11.8 Å². The standard InChI is InChI=1S/C5H6O4/c1-2-3(6)4(7)5(8)9-2/h2-3,6H,1H3/t2-,3?/m1/s1. The second-order valence-electron chi connectivity index (χ2n) is 1.92. The van der Waals surface area contributed by atoms with Crippen LogP contribution in [0.1, 0.15) is 6.92 Å². The molecule has 0 bridgehead atoms. The molecule has 50 valence electrons. The molecule has 0 aliphatic carbocycles. The summed E-state index contributed by atoms with van der Waals surface area (Å²) in [5.41, 5.74) is 0. The number of rotatable bonds is 0. The molecule has 0 radical (unpaired) electrons. The molecule has 2 atom stereocenters. The Hall–Kier alpha value is -0.900. The Morgan fingerprint density at radius 2 is 2.11 bits per heavy atom. The second kappa shape index (κ2) is 1.80. The molecule has 1 saturated heterocycles. The van der Waals surface area contributed by atoms with Gasteiger partial charge in [-0.3, -0.25) is 4.79 Å². The Morgan fingerprint density at radius 1 is 1.56 bits per heavy atom. The molecule has 1 fully saturated rings. The number of hydrogen-bond donors (Lipinski definition) is 1. The SMILES string of the molecule is C[C@H]1OC(=O)C(=O)C1O. The summed E-state index contributed by atoms with van der Waals surface area (Å²) >= 11 is 0. The Bertz CT molecular complexity index is 162. The maximum atomic E-state index is 10.4. The van der Waals surface area contributed by atoms with E-state index >= 15 is 0 Å². The maximum absolute atomic E-state index is 10.4. The number of aliphatic hydroxyl groups excluding tert-OH is 1. The Morgan fingerprint density at radius 3 is 2.22 bits per heavy atom. The van der Waals surface area contributed by atoms with Gasteiger partial charge in [-0.25, -0.2) is 4.79 Å². The largest absolute Gasteiger partial charge is 0.454 e. The zero-order chi connectivity index (χ0) is 7.02. The quantitative estimate of drug-likeness (QED) is 0.332. The van der Waals surface area contributed by atoms with E-state index in [0.29, 0.717) is 0 Å². The smallest absolute Gasteiger partial charge is 0.377 e. The van der Waals surface area contributed by atoms with Crippen molar-refractivity contribution in [3.8, 4) is 0 Å². The van der Waals surface area contributed by atoms with Crippen LogP contribution in [0.3, 0.4) is 0 Å². The minimum Gasteiger partial charge on any atom is -0.454 e. The molecule has 0 aromatic rings. The topological polar surface area (TPSA) is 63.6 Å². The molecule has 4 nitrogen and oxygen atoms in total. The second-order valence-corrected chi connectivity index (χ2v) is 1.92. The van der Waals surface area contributed by atoms with E-state index in [-0.39, 0.29) is 0 Å². The lowest BCUT2D eigenvalue weighted by Crippen LogP contribution is -2.24. The van der Waals surface area contributed by atoms with Crippen molar-refractivity contribution in [3.05, 3.63) is 0 Å². The number of Topliss-reactive ketones (excluding diaryl/α,β-unsaturated/α-hetero) is 1. The molecule has 0 aromatic heterocycles. The van der Waals surface area contributed by atoms with Crippen LogP contribution in [0, 0.1) is 0 Å². The van der Waals surface area contributed by atoms with Crippen molar-refractivity contribution in [2.45, 2.75) is 19.1 Å². The number of ketones is 1. The predicted molar refractivity (Wildman–Crippen MR) is 26.6 cm³/mol. The molecule has 9 heavy (non-hydrogen) atoms. The van der Waals surface area contributed by atoms with Crippen molar-refractivity contribution in [3.63, 3.8) is 0 Å². The Labute approximate surface area is 51.4 Å². The van der Waals surface area contributed by atoms with Crippen LogP contribution in [0.5, 0.6) is 0 Å². The van der Waals surface area contributed by atoms with E-state index in [1.807, 2.05) is 0 Å². The third-order valence-corrected chi connectivity index (χ3v) is 1.21. The van der Waals surface area contributed by atoms with Gasteiger partial charge < -0.3 is 9.84 Å². The van der Waals surface area contributed by atoms with Crippen molar-refractivity contribution in [1.29, 1.82) is 0 Å². The number of aliphatic hydroxyl groups is 1. The van der Waals surface area contributed by atoms with Gasteiger partial charge in [0.25, 0.3) is 5.78 Å². The van der Waals surface area contributed by atoms with E-state index in [4.69, 9.17) is 5.11 Å². The van der Waals surface area contributed by atoms with Crippen molar-refractivity contribution in [2.75, 3.05) is 0 Å². The first-order chi connectivity index (χ1) is 4.13. The van der Waals surface area contributed by atoms with E-state index in [1.54, 1.807) is 0 Å². The average Bonchev–Trinajstić information content (AvgIpc) is 1.98. The molecular formula is C5H6O4. The lowest BCUT2D eigenvalue weighted by molar-refractivity contribution is -0.148. The highest BCUT2D eigenvalue weighted by Gasteiger charge is 2.39. The van der Waals surface area contributed by atoms with E-state index in [2.05, 4.69) is 4.74 Å². The lowest BCUT2D eigenvalue weighted by atomic mass is 10.2. The van der Waals surface area contributed by atoms with Gasteiger partial charge in [-0.15, -0.1) is 0 Å². The predicted octanol–water partition coefficient (Wildman–Crippen LogP) is -1.14. The van der Waals surface area contributed by atoms with Crippen molar-refractivity contribution in [2.24, 2.45) is 0 Å². The number of ether oxygens (including phenoxy) is 1. The summed E-state index contributed by atoms with van der Waals surface area (Å²) in [4.78, 5) is 20.7. The minimum atomic E-state index is -1.25. The van der Waals surface area contributed by atoms with Crippen LogP contribution in [0.25, 0.3) is 0 Å². The molecule has 0 saturated carbocycles. The normalized spacial score (nSPS) is 34.9. The first-order valence-corrected chi connectivity index (χ1v) is 2.56. The molecule has 1 unspecified atom stereocenters. The first-order valence-electron chi connectivity index (χ1n) is 2.56. The summed E-state index contributed by atoms with van der Waals surface area (Å²) in [6, 6.07) is 0. The van der Waals surface area contributed by atoms with Gasteiger partial charge in [-0.2, -0.15) is 0 Å². The summed E-state index contributed by atoms with van der Waals surface area (Å²) in [5, 5.41) is 8.74. The van der Waals surface area contributed by atoms with Crippen LogP contribution >= 0.6 is 0 Å². The molecule has 1 heterocycles. The molecule has 1 aliphatic rings. The van der Waals surface area contributed by atoms with Crippen LogP contribution < -0.4 is 0 Å². The van der Waals surface area contributed by atoms with Crippen molar-refractivity contribution < 1.29 is 19.4 Å². The number of esters is 1. The third-order valence-electron chi connectivity index (χ3n) is 1.21. The van der Waals surface area contributed by atoms with Gasteiger partial charge in [0.15, 0.2) is 6.10 Å². The molecule has 1 aliphatic heterocycles. The van der Waals surface area contributed by atoms with Gasteiger partial charge in [-0.1, -0.05) is 0 Å². The fourth-order valence-corrected chi connectivity index (χ4v) is 0.625. The average molecular weight is 130 g/mol. The summed E-state index contributed by atoms with van der Waals surface area (Å²) in [5.74, 6) is -1.78. The molecular weight excluding hydrogens is 124 g/mol. The van der Waals surface area contributed by atoms with Gasteiger partial charge in [0.1, 0.15) is 6.10 Å². The monoisotopic (exact) mass is 130 g/mol. The van der Waals surface area contributed by atoms with Gasteiger partial charge in [-0.05, 0) is 6.92 Å².